The Morgan fingerprint density at radius 2 is 0.900 bits per heavy atom. The highest BCUT2D eigenvalue weighted by atomic mass is 19.4. The molecule has 1 unspecified atom stereocenters. The van der Waals surface area contributed by atoms with Crippen molar-refractivity contribution in [2.45, 2.75) is 36.9 Å². The summed E-state index contributed by atoms with van der Waals surface area (Å²) < 4.78 is 215. The summed E-state index contributed by atoms with van der Waals surface area (Å²) in [6, 6.07) is 0.839. The van der Waals surface area contributed by atoms with Crippen LogP contribution >= 0.6 is 0 Å². The van der Waals surface area contributed by atoms with Gasteiger partial charge in [-0.25, -0.2) is 4.99 Å². The predicted molar refractivity (Wildman–Crippen MR) is 147 cm³/mol. The summed E-state index contributed by atoms with van der Waals surface area (Å²) in [5.41, 5.74) is -14.8. The van der Waals surface area contributed by atoms with E-state index in [2.05, 4.69) is 9.98 Å². The van der Waals surface area contributed by atoms with Gasteiger partial charge in [0.1, 0.15) is 28.3 Å². The molecule has 0 radical (unpaired) electrons. The van der Waals surface area contributed by atoms with Gasteiger partial charge in [0.2, 0.25) is 0 Å². The molecule has 0 amide bonds. The lowest BCUT2D eigenvalue weighted by Crippen LogP contribution is -2.30. The molecule has 5 nitrogen and oxygen atoms in total. The lowest BCUT2D eigenvalue weighted by molar-refractivity contribution is -0.0866. The van der Waals surface area contributed by atoms with Crippen LogP contribution in [0.5, 0.6) is 0 Å². The fourth-order valence-electron chi connectivity index (χ4n) is 5.68. The van der Waals surface area contributed by atoms with Crippen LogP contribution in [0.3, 0.4) is 0 Å². The summed E-state index contributed by atoms with van der Waals surface area (Å²) in [6.45, 7) is 0. The summed E-state index contributed by atoms with van der Waals surface area (Å²) in [5.74, 6) is 0. The molecule has 0 fully saturated rings. The van der Waals surface area contributed by atoms with Crippen molar-refractivity contribution < 1.29 is 65.9 Å². The molecule has 20 heteroatoms. The van der Waals surface area contributed by atoms with Gasteiger partial charge < -0.3 is 15.0 Å². The van der Waals surface area contributed by atoms with E-state index < -0.39 is 115 Å². The van der Waals surface area contributed by atoms with Crippen molar-refractivity contribution in [3.63, 3.8) is 0 Å². The largest absolute Gasteiger partial charge is 0.420 e. The molecule has 0 saturated carbocycles. The van der Waals surface area contributed by atoms with Gasteiger partial charge in [-0.3, -0.25) is 4.99 Å². The normalized spacial score (nSPS) is 24.9. The van der Waals surface area contributed by atoms with Gasteiger partial charge in [-0.1, -0.05) is 6.08 Å². The summed E-state index contributed by atoms with van der Waals surface area (Å²) in [5, 5.41) is -4.37. The molecule has 6 heterocycles. The Kier molecular flexibility index (Phi) is 7.75. The zero-order chi connectivity index (χ0) is 36.8. The molecule has 3 aliphatic heterocycles. The van der Waals surface area contributed by atoms with Crippen molar-refractivity contribution in [3.8, 4) is 0 Å². The quantitative estimate of drug-likeness (QED) is 0.244. The molecule has 0 saturated heterocycles. The molecule has 3 N–H and O–H groups in total. The number of aromatic amines is 3. The number of aliphatic imine (C=N–C) groups is 2. The van der Waals surface area contributed by atoms with E-state index in [1.807, 2.05) is 15.0 Å². The summed E-state index contributed by atoms with van der Waals surface area (Å²) >= 11 is 0. The van der Waals surface area contributed by atoms with Gasteiger partial charge in [-0.15, -0.1) is 0 Å². The van der Waals surface area contributed by atoms with Crippen molar-refractivity contribution in [2.75, 3.05) is 0 Å². The SMILES string of the molecule is FC(F)(F)/C1=C2\C=CC(=N2)/C(C(F)(F)F)=c2/cc/c([nH]2)=C(\C(F)(F)F)c2ccc([nH]2)/C(C(F)(F)F)=c2/cc/c([nH]2)=C(\C(F)(F)F)C2C=CC1=N2. The number of alkyl halides is 15. The third-order valence-corrected chi connectivity index (χ3v) is 7.55. The van der Waals surface area contributed by atoms with Gasteiger partial charge in [0.25, 0.3) is 0 Å². The number of allylic oxidation sites excluding steroid dienone is 4. The smallest absolute Gasteiger partial charge is 0.355 e. The average molecular weight is 729 g/mol. The van der Waals surface area contributed by atoms with Crippen LogP contribution in [0, 0.1) is 0 Å². The lowest BCUT2D eigenvalue weighted by atomic mass is 10.1. The molecule has 3 aromatic heterocycles. The fraction of sp³-hybridized carbons (Fsp3) is 0.200. The van der Waals surface area contributed by atoms with Crippen LogP contribution < -0.4 is 21.4 Å². The van der Waals surface area contributed by atoms with Gasteiger partial charge in [0.15, 0.2) is 0 Å². The topological polar surface area (TPSA) is 72.1 Å². The Bertz CT molecular complexity index is 2300. The first-order chi connectivity index (χ1) is 22.9. The molecular formula is C30H14F15N5. The van der Waals surface area contributed by atoms with Crippen molar-refractivity contribution in [1.29, 1.82) is 0 Å². The first-order valence-electron chi connectivity index (χ1n) is 13.7. The standard InChI is InChI=1S/C30H14F15N5/c31-26(32,33)21-11-1-2-12(46-11)22(27(34,35)36)14-5-6-16(48-14)24(29(40,41)42)18-9-10-20(50-18)25(30(43,44)45)19-8-7-17(49-19)23(28(37,38)39)15-4-3-13(21)47-15/h1-11,47,49-50H/b21-13+,22-14+,23-15+,24-18+,25-20+. The minimum absolute atomic E-state index is 0.466. The van der Waals surface area contributed by atoms with Crippen molar-refractivity contribution in [1.82, 2.24) is 15.0 Å². The molecule has 0 aromatic carbocycles. The second-order valence-electron chi connectivity index (χ2n) is 10.8. The zero-order valence-corrected chi connectivity index (χ0v) is 23.9. The maximum Gasteiger partial charge on any atom is 0.420 e. The van der Waals surface area contributed by atoms with Crippen molar-refractivity contribution >= 4 is 33.7 Å². The van der Waals surface area contributed by atoms with Gasteiger partial charge in [0.05, 0.1) is 50.1 Å². The van der Waals surface area contributed by atoms with E-state index in [1.165, 1.54) is 0 Å². The summed E-state index contributed by atoms with van der Waals surface area (Å²) in [4.78, 5) is 12.6. The number of H-pyrrole nitrogens is 3. The van der Waals surface area contributed by atoms with Crippen LogP contribution in [0.15, 0.2) is 82.0 Å². The predicted octanol–water partition coefficient (Wildman–Crippen LogP) is 5.84. The minimum Gasteiger partial charge on any atom is -0.355 e. The van der Waals surface area contributed by atoms with Crippen molar-refractivity contribution in [3.05, 3.63) is 105 Å². The number of rotatable bonds is 0. The molecule has 1 atom stereocenters. The molecule has 0 aliphatic carbocycles. The first-order valence-corrected chi connectivity index (χ1v) is 13.7. The molecule has 50 heavy (non-hydrogen) atoms. The second kappa shape index (κ2) is 11.2. The van der Waals surface area contributed by atoms with E-state index in [0.29, 0.717) is 60.7 Å². The van der Waals surface area contributed by atoms with Gasteiger partial charge in [0, 0.05) is 5.35 Å². The monoisotopic (exact) mass is 729 g/mol. The number of aromatic nitrogens is 3. The molecule has 3 aromatic rings. The molecule has 0 spiro atoms. The summed E-state index contributed by atoms with van der Waals surface area (Å²) in [7, 11) is 0. The Morgan fingerprint density at radius 3 is 1.38 bits per heavy atom. The van der Waals surface area contributed by atoms with E-state index in [4.69, 9.17) is 0 Å². The lowest BCUT2D eigenvalue weighted by Gasteiger charge is -2.16. The zero-order valence-electron chi connectivity index (χ0n) is 23.9. The van der Waals surface area contributed by atoms with E-state index >= 15 is 0 Å². The second-order valence-corrected chi connectivity index (χ2v) is 10.8. The van der Waals surface area contributed by atoms with Crippen molar-refractivity contribution in [2.24, 2.45) is 9.98 Å². The van der Waals surface area contributed by atoms with Crippen LogP contribution in [0.25, 0.3) is 22.3 Å². The number of nitrogens with zero attached hydrogens (tertiary/aromatic N) is 2. The van der Waals surface area contributed by atoms with Crippen LogP contribution in [0.1, 0.15) is 11.4 Å². The Morgan fingerprint density at radius 1 is 0.440 bits per heavy atom. The van der Waals surface area contributed by atoms with Crippen LogP contribution in [0.4, 0.5) is 65.9 Å². The Labute approximate surface area is 266 Å². The Balaban J connectivity index is 1.80. The average Bonchev–Trinajstić information content (AvgIpc) is 3.75. The summed E-state index contributed by atoms with van der Waals surface area (Å²) in [6.07, 6.45) is -25.3. The van der Waals surface area contributed by atoms with E-state index in [1.54, 1.807) is 0 Å². The maximum atomic E-state index is 14.4. The number of hydrogen-bond donors (Lipinski definition) is 3. The molecule has 10 bridgehead atoms. The number of nitrogens with one attached hydrogen (secondary N) is 3. The molecular weight excluding hydrogens is 715 g/mol. The van der Waals surface area contributed by atoms with Gasteiger partial charge >= 0.3 is 30.9 Å². The third kappa shape index (κ3) is 6.21. The van der Waals surface area contributed by atoms with Crippen LogP contribution in [0.2, 0.25) is 0 Å². The van der Waals surface area contributed by atoms with E-state index in [9.17, 15) is 65.9 Å². The first kappa shape index (κ1) is 34.7. The maximum absolute atomic E-state index is 14.4. The highest BCUT2D eigenvalue weighted by Crippen LogP contribution is 2.39. The fourth-order valence-corrected chi connectivity index (χ4v) is 5.68. The van der Waals surface area contributed by atoms with Gasteiger partial charge in [-0.2, -0.15) is 65.9 Å². The number of fused-ring (bicyclic) bond motifs is 8. The highest BCUT2D eigenvalue weighted by Gasteiger charge is 2.46. The molecule has 6 rings (SSSR count). The van der Waals surface area contributed by atoms with Crippen LogP contribution in [-0.2, 0) is 0 Å². The molecule has 3 aliphatic rings. The highest BCUT2D eigenvalue weighted by molar-refractivity contribution is 6.28. The van der Waals surface area contributed by atoms with E-state index in [-0.39, 0.29) is 0 Å². The minimum atomic E-state index is -5.48. The molecule has 264 valence electrons. The number of halogens is 15. The van der Waals surface area contributed by atoms with E-state index in [0.717, 1.165) is 0 Å². The Hall–Kier alpha value is -5.17. The third-order valence-electron chi connectivity index (χ3n) is 7.55. The van der Waals surface area contributed by atoms with Gasteiger partial charge in [-0.05, 0) is 54.6 Å². The van der Waals surface area contributed by atoms with Crippen LogP contribution in [-0.4, -0.2) is 63.3 Å². The number of hydrogen-bond acceptors (Lipinski definition) is 2.